The van der Waals surface area contributed by atoms with Gasteiger partial charge in [0.05, 0.1) is 0 Å². The Morgan fingerprint density at radius 2 is 2.33 bits per heavy atom. The second-order valence-electron chi connectivity index (χ2n) is 5.78. The molecule has 1 unspecified atom stereocenters. The Morgan fingerprint density at radius 1 is 1.50 bits per heavy atom. The first-order valence-electron chi connectivity index (χ1n) is 7.03. The number of likely N-dealkylation sites (tertiary alicyclic amines) is 1. The molecule has 0 saturated carbocycles. The van der Waals surface area contributed by atoms with Crippen LogP contribution in [0, 0.1) is 5.92 Å². The average Bonchev–Trinajstić information content (AvgIpc) is 2.37. The van der Waals surface area contributed by atoms with E-state index in [-0.39, 0.29) is 0 Å². The molecule has 1 fully saturated rings. The van der Waals surface area contributed by atoms with Crippen molar-refractivity contribution in [3.8, 4) is 0 Å². The van der Waals surface area contributed by atoms with Gasteiger partial charge in [-0.25, -0.2) is 4.98 Å². The fraction of sp³-hybridized carbons (Fsp3) is 0.667. The van der Waals surface area contributed by atoms with Crippen molar-refractivity contribution in [1.82, 2.24) is 9.88 Å². The number of aromatic nitrogens is 1. The van der Waals surface area contributed by atoms with Crippen molar-refractivity contribution in [1.29, 1.82) is 0 Å². The zero-order chi connectivity index (χ0) is 13.0. The largest absolute Gasteiger partial charge is 0.370 e. The summed E-state index contributed by atoms with van der Waals surface area (Å²) in [5.74, 6) is 2.34. The summed E-state index contributed by atoms with van der Waals surface area (Å²) in [5, 5.41) is 3.49. The summed E-state index contributed by atoms with van der Waals surface area (Å²) in [5.41, 5.74) is 1.35. The molecule has 1 aromatic rings. The average molecular weight is 247 g/mol. The van der Waals surface area contributed by atoms with E-state index in [2.05, 4.69) is 48.2 Å². The van der Waals surface area contributed by atoms with Crippen molar-refractivity contribution < 1.29 is 0 Å². The van der Waals surface area contributed by atoms with Gasteiger partial charge >= 0.3 is 0 Å². The quantitative estimate of drug-likeness (QED) is 0.886. The van der Waals surface area contributed by atoms with Gasteiger partial charge in [0.1, 0.15) is 5.82 Å². The highest BCUT2D eigenvalue weighted by atomic mass is 15.1. The third-order valence-electron chi connectivity index (χ3n) is 3.74. The number of rotatable bonds is 4. The highest BCUT2D eigenvalue weighted by Crippen LogP contribution is 2.18. The van der Waals surface area contributed by atoms with Gasteiger partial charge in [0.15, 0.2) is 0 Å². The summed E-state index contributed by atoms with van der Waals surface area (Å²) in [6, 6.07) is 4.28. The molecular formula is C15H25N3. The molecule has 18 heavy (non-hydrogen) atoms. The maximum atomic E-state index is 4.40. The van der Waals surface area contributed by atoms with Crippen molar-refractivity contribution in [2.24, 2.45) is 5.92 Å². The minimum absolute atomic E-state index is 0.564. The second kappa shape index (κ2) is 6.19. The smallest absolute Gasteiger partial charge is 0.126 e. The van der Waals surface area contributed by atoms with Gasteiger partial charge < -0.3 is 10.2 Å². The van der Waals surface area contributed by atoms with Gasteiger partial charge in [0, 0.05) is 19.3 Å². The molecule has 0 aliphatic carbocycles. The van der Waals surface area contributed by atoms with Crippen LogP contribution in [0.25, 0.3) is 0 Å². The van der Waals surface area contributed by atoms with Crippen LogP contribution >= 0.6 is 0 Å². The number of pyridine rings is 1. The Bertz CT molecular complexity index is 376. The summed E-state index contributed by atoms with van der Waals surface area (Å²) in [7, 11) is 2.21. The highest BCUT2D eigenvalue weighted by molar-refractivity contribution is 5.38. The Kier molecular flexibility index (Phi) is 4.59. The number of nitrogens with one attached hydrogen (secondary N) is 1. The van der Waals surface area contributed by atoms with Gasteiger partial charge in [-0.2, -0.15) is 0 Å². The van der Waals surface area contributed by atoms with Crippen LogP contribution in [0.1, 0.15) is 38.2 Å². The topological polar surface area (TPSA) is 28.2 Å². The normalized spacial score (nSPS) is 21.2. The van der Waals surface area contributed by atoms with Crippen LogP contribution in [0.5, 0.6) is 0 Å². The molecule has 3 nitrogen and oxygen atoms in total. The lowest BCUT2D eigenvalue weighted by molar-refractivity contribution is 0.217. The monoisotopic (exact) mass is 247 g/mol. The maximum absolute atomic E-state index is 4.40. The molecule has 1 aromatic heterocycles. The van der Waals surface area contributed by atoms with Crippen LogP contribution in [0.15, 0.2) is 18.3 Å². The first kappa shape index (κ1) is 13.3. The highest BCUT2D eigenvalue weighted by Gasteiger charge is 2.16. The summed E-state index contributed by atoms with van der Waals surface area (Å²) >= 11 is 0. The molecule has 3 heteroatoms. The molecule has 0 bridgehead atoms. The Morgan fingerprint density at radius 3 is 3.06 bits per heavy atom. The van der Waals surface area contributed by atoms with Crippen LogP contribution in [0.3, 0.4) is 0 Å². The molecule has 0 radical (unpaired) electrons. The van der Waals surface area contributed by atoms with Crippen molar-refractivity contribution in [3.63, 3.8) is 0 Å². The van der Waals surface area contributed by atoms with Crippen LogP contribution < -0.4 is 5.32 Å². The van der Waals surface area contributed by atoms with E-state index in [1.54, 1.807) is 0 Å². The van der Waals surface area contributed by atoms with E-state index in [9.17, 15) is 0 Å². The van der Waals surface area contributed by atoms with Gasteiger partial charge in [0.25, 0.3) is 0 Å². The second-order valence-corrected chi connectivity index (χ2v) is 5.78. The van der Waals surface area contributed by atoms with Crippen molar-refractivity contribution in [2.45, 2.75) is 32.6 Å². The first-order chi connectivity index (χ1) is 8.65. The molecule has 0 spiro atoms. The number of nitrogens with zero attached hydrogens (tertiary/aromatic N) is 2. The number of hydrogen-bond acceptors (Lipinski definition) is 3. The van der Waals surface area contributed by atoms with Crippen LogP contribution in [-0.4, -0.2) is 36.6 Å². The standard InChI is InChI=1S/C15H25N3/c1-12(2)14-6-7-16-15(9-14)17-10-13-5-4-8-18(3)11-13/h6-7,9,12-13H,4-5,8,10-11H2,1-3H3,(H,16,17). The number of hydrogen-bond donors (Lipinski definition) is 1. The number of anilines is 1. The van der Waals surface area contributed by atoms with Crippen LogP contribution in [0.4, 0.5) is 5.82 Å². The molecule has 100 valence electrons. The van der Waals surface area contributed by atoms with E-state index in [0.29, 0.717) is 5.92 Å². The third kappa shape index (κ3) is 3.70. The molecule has 0 aromatic carbocycles. The van der Waals surface area contributed by atoms with Gasteiger partial charge in [-0.3, -0.25) is 0 Å². The lowest BCUT2D eigenvalue weighted by Crippen LogP contribution is -2.35. The lowest BCUT2D eigenvalue weighted by Gasteiger charge is -2.29. The molecule has 1 N–H and O–H groups in total. The molecular weight excluding hydrogens is 222 g/mol. The lowest BCUT2D eigenvalue weighted by atomic mass is 9.98. The van der Waals surface area contributed by atoms with E-state index < -0.39 is 0 Å². The molecule has 1 saturated heterocycles. The van der Waals surface area contributed by atoms with Crippen molar-refractivity contribution in [2.75, 3.05) is 32.0 Å². The van der Waals surface area contributed by atoms with Crippen molar-refractivity contribution in [3.05, 3.63) is 23.9 Å². The van der Waals surface area contributed by atoms with E-state index >= 15 is 0 Å². The van der Waals surface area contributed by atoms with Crippen LogP contribution in [0.2, 0.25) is 0 Å². The predicted molar refractivity (Wildman–Crippen MR) is 77.0 cm³/mol. The fourth-order valence-electron chi connectivity index (χ4n) is 2.59. The third-order valence-corrected chi connectivity index (χ3v) is 3.74. The zero-order valence-electron chi connectivity index (χ0n) is 11.8. The van der Waals surface area contributed by atoms with Crippen LogP contribution in [-0.2, 0) is 0 Å². The SMILES string of the molecule is CC(C)c1ccnc(NCC2CCCN(C)C2)c1. The summed E-state index contributed by atoms with van der Waals surface area (Å²) in [4.78, 5) is 6.82. The van der Waals surface area contributed by atoms with E-state index in [0.717, 1.165) is 18.3 Å². The molecule has 2 heterocycles. The molecule has 1 aliphatic heterocycles. The van der Waals surface area contributed by atoms with Gasteiger partial charge in [-0.05, 0) is 56.0 Å². The zero-order valence-corrected chi connectivity index (χ0v) is 11.8. The first-order valence-corrected chi connectivity index (χ1v) is 7.03. The van der Waals surface area contributed by atoms with E-state index in [1.165, 1.54) is 31.5 Å². The number of piperidine rings is 1. The Hall–Kier alpha value is -1.09. The molecule has 1 atom stereocenters. The van der Waals surface area contributed by atoms with E-state index in [1.807, 2.05) is 6.20 Å². The minimum atomic E-state index is 0.564. The summed E-state index contributed by atoms with van der Waals surface area (Å²) in [6.45, 7) is 7.93. The fourth-order valence-corrected chi connectivity index (χ4v) is 2.59. The van der Waals surface area contributed by atoms with E-state index in [4.69, 9.17) is 0 Å². The van der Waals surface area contributed by atoms with Gasteiger partial charge in [-0.15, -0.1) is 0 Å². The summed E-state index contributed by atoms with van der Waals surface area (Å²) < 4.78 is 0. The molecule has 2 rings (SSSR count). The van der Waals surface area contributed by atoms with Gasteiger partial charge in [-0.1, -0.05) is 13.8 Å². The Balaban J connectivity index is 1.87. The maximum Gasteiger partial charge on any atom is 0.126 e. The predicted octanol–water partition coefficient (Wildman–Crippen LogP) is 2.96. The molecule has 1 aliphatic rings. The summed E-state index contributed by atoms with van der Waals surface area (Å²) in [6.07, 6.45) is 4.56. The molecule has 0 amide bonds. The minimum Gasteiger partial charge on any atom is -0.370 e. The van der Waals surface area contributed by atoms with Crippen molar-refractivity contribution >= 4 is 5.82 Å². The Labute approximate surface area is 111 Å². The van der Waals surface area contributed by atoms with Gasteiger partial charge in [0.2, 0.25) is 0 Å².